The Hall–Kier alpha value is -1.71. The highest BCUT2D eigenvalue weighted by Crippen LogP contribution is 2.27. The largest absolute Gasteiger partial charge is 0.504 e. The van der Waals surface area contributed by atoms with E-state index in [1.165, 1.54) is 13.2 Å². The first kappa shape index (κ1) is 19.3. The number of benzene rings is 1. The molecule has 0 heterocycles. The predicted molar refractivity (Wildman–Crippen MR) is 91.7 cm³/mol. The fourth-order valence-electron chi connectivity index (χ4n) is 2.47. The SMILES string of the molecule is COc1cc(CC(=O)OC(CC(C)C)C(C)C(C)C)ccc1O. The summed E-state index contributed by atoms with van der Waals surface area (Å²) in [5, 5.41) is 9.61. The lowest BCUT2D eigenvalue weighted by molar-refractivity contribution is -0.152. The average molecular weight is 322 g/mol. The summed E-state index contributed by atoms with van der Waals surface area (Å²) in [6.45, 7) is 10.7. The van der Waals surface area contributed by atoms with Crippen LogP contribution in [0.5, 0.6) is 11.5 Å². The Bertz CT molecular complexity index is 508. The lowest BCUT2D eigenvalue weighted by Gasteiger charge is -2.28. The Morgan fingerprint density at radius 3 is 2.35 bits per heavy atom. The van der Waals surface area contributed by atoms with E-state index >= 15 is 0 Å². The Balaban J connectivity index is 2.75. The molecule has 0 fully saturated rings. The maximum atomic E-state index is 12.3. The molecule has 4 heteroatoms. The predicted octanol–water partition coefficient (Wildman–Crippen LogP) is 4.19. The number of aromatic hydroxyl groups is 1. The van der Waals surface area contributed by atoms with Crippen LogP contribution in [-0.4, -0.2) is 24.3 Å². The number of ether oxygens (including phenoxy) is 2. The molecule has 23 heavy (non-hydrogen) atoms. The molecule has 0 amide bonds. The zero-order chi connectivity index (χ0) is 17.6. The first-order chi connectivity index (χ1) is 10.7. The quantitative estimate of drug-likeness (QED) is 0.729. The molecule has 2 unspecified atom stereocenters. The van der Waals surface area contributed by atoms with Crippen LogP contribution in [0.3, 0.4) is 0 Å². The van der Waals surface area contributed by atoms with E-state index in [-0.39, 0.29) is 24.2 Å². The fraction of sp³-hybridized carbons (Fsp3) is 0.632. The maximum Gasteiger partial charge on any atom is 0.310 e. The standard InChI is InChI=1S/C19H30O4/c1-12(2)9-17(14(5)13(3)4)23-19(21)11-15-7-8-16(20)18(10-15)22-6/h7-8,10,12-14,17,20H,9,11H2,1-6H3. The highest BCUT2D eigenvalue weighted by Gasteiger charge is 2.25. The summed E-state index contributed by atoms with van der Waals surface area (Å²) in [6, 6.07) is 4.91. The molecule has 130 valence electrons. The molecule has 0 saturated carbocycles. The van der Waals surface area contributed by atoms with E-state index in [2.05, 4.69) is 34.6 Å². The summed E-state index contributed by atoms with van der Waals surface area (Å²) in [6.07, 6.45) is 0.974. The van der Waals surface area contributed by atoms with Gasteiger partial charge in [0.1, 0.15) is 6.10 Å². The van der Waals surface area contributed by atoms with Crippen molar-refractivity contribution in [3.05, 3.63) is 23.8 Å². The van der Waals surface area contributed by atoms with Gasteiger partial charge in [-0.25, -0.2) is 0 Å². The van der Waals surface area contributed by atoms with Crippen LogP contribution in [0.25, 0.3) is 0 Å². The van der Waals surface area contributed by atoms with Crippen LogP contribution in [0.1, 0.15) is 46.6 Å². The average Bonchev–Trinajstić information content (AvgIpc) is 2.47. The van der Waals surface area contributed by atoms with Gasteiger partial charge >= 0.3 is 5.97 Å². The van der Waals surface area contributed by atoms with Gasteiger partial charge in [-0.05, 0) is 41.9 Å². The van der Waals surface area contributed by atoms with E-state index in [4.69, 9.17) is 9.47 Å². The third-order valence-corrected chi connectivity index (χ3v) is 4.22. The molecule has 2 atom stereocenters. The molecule has 0 radical (unpaired) electrons. The van der Waals surface area contributed by atoms with Crippen molar-refractivity contribution in [2.75, 3.05) is 7.11 Å². The number of phenols is 1. The molecule has 1 rings (SSSR count). The molecule has 0 spiro atoms. The number of hydrogen-bond donors (Lipinski definition) is 1. The van der Waals surface area contributed by atoms with Gasteiger partial charge in [0.2, 0.25) is 0 Å². The molecule has 0 aliphatic heterocycles. The third kappa shape index (κ3) is 6.12. The van der Waals surface area contributed by atoms with Crippen molar-refractivity contribution in [2.24, 2.45) is 17.8 Å². The minimum Gasteiger partial charge on any atom is -0.504 e. The van der Waals surface area contributed by atoms with Crippen molar-refractivity contribution in [1.82, 2.24) is 0 Å². The van der Waals surface area contributed by atoms with Gasteiger partial charge in [0.05, 0.1) is 13.5 Å². The first-order valence-electron chi connectivity index (χ1n) is 8.29. The molecule has 0 aliphatic carbocycles. The van der Waals surface area contributed by atoms with E-state index in [9.17, 15) is 9.90 Å². The van der Waals surface area contributed by atoms with Crippen molar-refractivity contribution >= 4 is 5.97 Å². The molecule has 0 saturated heterocycles. The van der Waals surface area contributed by atoms with Gasteiger partial charge in [-0.1, -0.05) is 40.7 Å². The summed E-state index contributed by atoms with van der Waals surface area (Å²) in [5.74, 6) is 1.44. The monoisotopic (exact) mass is 322 g/mol. The molecular weight excluding hydrogens is 292 g/mol. The zero-order valence-corrected chi connectivity index (χ0v) is 15.1. The molecular formula is C19H30O4. The second-order valence-corrected chi connectivity index (χ2v) is 6.94. The Kier molecular flexibility index (Phi) is 7.40. The van der Waals surface area contributed by atoms with Crippen LogP contribution in [0.15, 0.2) is 18.2 Å². The highest BCUT2D eigenvalue weighted by atomic mass is 16.5. The zero-order valence-electron chi connectivity index (χ0n) is 15.1. The molecule has 0 aliphatic rings. The Labute approximate surface area is 139 Å². The van der Waals surface area contributed by atoms with Gasteiger partial charge in [0, 0.05) is 0 Å². The van der Waals surface area contributed by atoms with Crippen LogP contribution >= 0.6 is 0 Å². The second-order valence-electron chi connectivity index (χ2n) is 6.94. The van der Waals surface area contributed by atoms with Crippen molar-refractivity contribution in [2.45, 2.75) is 53.6 Å². The van der Waals surface area contributed by atoms with Crippen LogP contribution in [0.4, 0.5) is 0 Å². The second kappa shape index (κ2) is 8.80. The van der Waals surface area contributed by atoms with Crippen LogP contribution in [0.2, 0.25) is 0 Å². The highest BCUT2D eigenvalue weighted by molar-refractivity contribution is 5.73. The van der Waals surface area contributed by atoms with Gasteiger partial charge in [-0.2, -0.15) is 0 Å². The normalized spacial score (nSPS) is 13.9. The van der Waals surface area contributed by atoms with Gasteiger partial charge in [0.15, 0.2) is 11.5 Å². The molecule has 4 nitrogen and oxygen atoms in total. The number of phenolic OH excluding ortho intramolecular Hbond substituents is 1. The molecule has 1 N–H and O–H groups in total. The summed E-state index contributed by atoms with van der Waals surface area (Å²) >= 11 is 0. The van der Waals surface area contributed by atoms with Crippen LogP contribution in [-0.2, 0) is 16.0 Å². The van der Waals surface area contributed by atoms with Crippen LogP contribution < -0.4 is 4.74 Å². The fourth-order valence-corrected chi connectivity index (χ4v) is 2.47. The summed E-state index contributed by atoms with van der Waals surface area (Å²) in [7, 11) is 1.49. The minimum atomic E-state index is -0.240. The van der Waals surface area contributed by atoms with Crippen molar-refractivity contribution in [3.8, 4) is 11.5 Å². The van der Waals surface area contributed by atoms with Gasteiger partial charge < -0.3 is 14.6 Å². The summed E-state index contributed by atoms with van der Waals surface area (Å²) < 4.78 is 10.8. The lowest BCUT2D eigenvalue weighted by Crippen LogP contribution is -2.30. The maximum absolute atomic E-state index is 12.3. The lowest BCUT2D eigenvalue weighted by atomic mass is 9.87. The van der Waals surface area contributed by atoms with E-state index in [1.54, 1.807) is 12.1 Å². The van der Waals surface area contributed by atoms with E-state index in [0.717, 1.165) is 12.0 Å². The molecule has 1 aromatic carbocycles. The Morgan fingerprint density at radius 2 is 1.83 bits per heavy atom. The number of carbonyl (C=O) groups is 1. The van der Waals surface area contributed by atoms with Crippen molar-refractivity contribution < 1.29 is 19.4 Å². The number of rotatable bonds is 8. The third-order valence-electron chi connectivity index (χ3n) is 4.22. The van der Waals surface area contributed by atoms with Crippen molar-refractivity contribution in [1.29, 1.82) is 0 Å². The van der Waals surface area contributed by atoms with Gasteiger partial charge in [0.25, 0.3) is 0 Å². The topological polar surface area (TPSA) is 55.8 Å². The van der Waals surface area contributed by atoms with Crippen LogP contribution in [0, 0.1) is 17.8 Å². The number of esters is 1. The van der Waals surface area contributed by atoms with Gasteiger partial charge in [-0.3, -0.25) is 4.79 Å². The summed E-state index contributed by atoms with van der Waals surface area (Å²) in [5.41, 5.74) is 0.769. The summed E-state index contributed by atoms with van der Waals surface area (Å²) in [4.78, 5) is 12.3. The van der Waals surface area contributed by atoms with Crippen molar-refractivity contribution in [3.63, 3.8) is 0 Å². The molecule has 0 bridgehead atoms. The smallest absolute Gasteiger partial charge is 0.310 e. The number of carbonyl (C=O) groups excluding carboxylic acids is 1. The molecule has 0 aromatic heterocycles. The van der Waals surface area contributed by atoms with E-state index < -0.39 is 0 Å². The van der Waals surface area contributed by atoms with E-state index in [1.807, 2.05) is 0 Å². The minimum absolute atomic E-state index is 0.0655. The molecule has 1 aromatic rings. The number of hydrogen-bond acceptors (Lipinski definition) is 4. The van der Waals surface area contributed by atoms with E-state index in [0.29, 0.717) is 23.5 Å². The van der Waals surface area contributed by atoms with Gasteiger partial charge in [-0.15, -0.1) is 0 Å². The Morgan fingerprint density at radius 1 is 1.17 bits per heavy atom. The number of methoxy groups -OCH3 is 1. The first-order valence-corrected chi connectivity index (χ1v) is 8.29.